The van der Waals surface area contributed by atoms with Crippen molar-refractivity contribution in [2.45, 2.75) is 76.0 Å². The van der Waals surface area contributed by atoms with E-state index in [1.165, 1.54) is 31.0 Å². The van der Waals surface area contributed by atoms with E-state index < -0.39 is 0 Å². The van der Waals surface area contributed by atoms with Crippen LogP contribution in [0.4, 0.5) is 5.82 Å². The lowest BCUT2D eigenvalue weighted by molar-refractivity contribution is -0.133. The Morgan fingerprint density at radius 1 is 1.00 bits per heavy atom. The van der Waals surface area contributed by atoms with E-state index in [1.54, 1.807) is 6.07 Å². The summed E-state index contributed by atoms with van der Waals surface area (Å²) in [5.74, 6) is 1.05. The minimum atomic E-state index is -0.144. The lowest BCUT2D eigenvalue weighted by atomic mass is 9.99. The summed E-state index contributed by atoms with van der Waals surface area (Å²) in [4.78, 5) is 39.1. The molecule has 2 aromatic carbocycles. The first-order chi connectivity index (χ1) is 20.4. The predicted molar refractivity (Wildman–Crippen MR) is 172 cm³/mol. The molecule has 0 saturated carbocycles. The number of rotatable bonds is 14. The Labute approximate surface area is 259 Å². The normalized spacial score (nSPS) is 15.8. The molecule has 1 aliphatic rings. The number of hydrogen-bond donors (Lipinski definition) is 1. The van der Waals surface area contributed by atoms with Crippen molar-refractivity contribution in [2.75, 3.05) is 30.3 Å². The second-order valence-corrected chi connectivity index (χ2v) is 12.2. The third-order valence-electron chi connectivity index (χ3n) is 7.58. The van der Waals surface area contributed by atoms with E-state index in [-0.39, 0.29) is 29.7 Å². The SMILES string of the molecule is CCCCCCCC(=O)N1CCN(c2cc(Cl)nc(SCC(=O)N[C@@H](Cc3ccccc3)c3ccccc3)n2)C[C@@H]1C. The van der Waals surface area contributed by atoms with Crippen molar-refractivity contribution in [1.82, 2.24) is 20.2 Å². The van der Waals surface area contributed by atoms with E-state index in [4.69, 9.17) is 16.6 Å². The van der Waals surface area contributed by atoms with Gasteiger partial charge in [0.25, 0.3) is 0 Å². The van der Waals surface area contributed by atoms with Crippen LogP contribution in [0.25, 0.3) is 0 Å². The van der Waals surface area contributed by atoms with Gasteiger partial charge in [-0.15, -0.1) is 0 Å². The summed E-state index contributed by atoms with van der Waals surface area (Å²) in [6.45, 7) is 6.30. The van der Waals surface area contributed by atoms with Gasteiger partial charge in [0.05, 0.1) is 11.8 Å². The number of carbonyl (C=O) groups is 2. The molecule has 0 aliphatic carbocycles. The van der Waals surface area contributed by atoms with Gasteiger partial charge in [0.2, 0.25) is 11.8 Å². The number of halogens is 1. The molecular weight excluding hydrogens is 566 g/mol. The number of nitrogens with one attached hydrogen (secondary N) is 1. The average Bonchev–Trinajstić information content (AvgIpc) is 3.00. The van der Waals surface area contributed by atoms with Crippen molar-refractivity contribution < 1.29 is 9.59 Å². The second-order valence-electron chi connectivity index (χ2n) is 10.9. The first kappa shape index (κ1) is 31.8. The highest BCUT2D eigenvalue weighted by molar-refractivity contribution is 7.99. The van der Waals surface area contributed by atoms with Crippen LogP contribution in [0.1, 0.15) is 69.5 Å². The van der Waals surface area contributed by atoms with Crippen LogP contribution in [-0.2, 0) is 16.0 Å². The highest BCUT2D eigenvalue weighted by atomic mass is 35.5. The first-order valence-corrected chi connectivity index (χ1v) is 16.4. The van der Waals surface area contributed by atoms with Crippen LogP contribution in [0.15, 0.2) is 71.9 Å². The molecular formula is C33H42ClN5O2S. The Bertz CT molecular complexity index is 1280. The molecule has 42 heavy (non-hydrogen) atoms. The van der Waals surface area contributed by atoms with E-state index >= 15 is 0 Å². The molecule has 1 N–H and O–H groups in total. The van der Waals surface area contributed by atoms with Crippen LogP contribution in [-0.4, -0.2) is 58.1 Å². The monoisotopic (exact) mass is 607 g/mol. The Morgan fingerprint density at radius 2 is 1.71 bits per heavy atom. The molecule has 7 nitrogen and oxygen atoms in total. The van der Waals surface area contributed by atoms with Gasteiger partial charge in [-0.2, -0.15) is 0 Å². The molecule has 0 bridgehead atoms. The Morgan fingerprint density at radius 3 is 2.43 bits per heavy atom. The molecule has 0 radical (unpaired) electrons. The van der Waals surface area contributed by atoms with Crippen molar-refractivity contribution in [3.05, 3.63) is 83.0 Å². The molecule has 1 aromatic heterocycles. The van der Waals surface area contributed by atoms with Crippen molar-refractivity contribution >= 4 is 41.0 Å². The molecule has 2 atom stereocenters. The van der Waals surface area contributed by atoms with Crippen LogP contribution in [0.5, 0.6) is 0 Å². The molecule has 2 heterocycles. The maximum absolute atomic E-state index is 13.1. The standard InChI is InChI=1S/C33H42ClN5O2S/c1-3-4-5-6-13-18-32(41)39-20-19-38(23-25(39)2)30-22-29(34)36-33(37-30)42-24-31(40)35-28(27-16-11-8-12-17-27)21-26-14-9-7-10-15-26/h7-12,14-17,22,25,28H,3-6,13,18-21,23-24H2,1-2H3,(H,35,40)/t25-,28-/m0/s1. The van der Waals surface area contributed by atoms with Gasteiger partial charge in [-0.3, -0.25) is 9.59 Å². The van der Waals surface area contributed by atoms with Crippen molar-refractivity contribution in [3.63, 3.8) is 0 Å². The third kappa shape index (κ3) is 9.73. The first-order valence-electron chi connectivity index (χ1n) is 15.0. The van der Waals surface area contributed by atoms with Crippen LogP contribution in [0, 0.1) is 0 Å². The molecule has 1 saturated heterocycles. The van der Waals surface area contributed by atoms with Gasteiger partial charge in [0, 0.05) is 38.2 Å². The minimum absolute atomic E-state index is 0.0806. The van der Waals surface area contributed by atoms with Gasteiger partial charge >= 0.3 is 0 Å². The molecule has 4 rings (SSSR count). The van der Waals surface area contributed by atoms with E-state index in [0.29, 0.717) is 42.8 Å². The van der Waals surface area contributed by atoms with Gasteiger partial charge in [-0.05, 0) is 30.9 Å². The average molecular weight is 608 g/mol. The van der Waals surface area contributed by atoms with Gasteiger partial charge in [-0.1, -0.05) is 117 Å². The smallest absolute Gasteiger partial charge is 0.230 e. The van der Waals surface area contributed by atoms with E-state index in [1.807, 2.05) is 53.4 Å². The molecule has 1 aliphatic heterocycles. The number of aromatic nitrogens is 2. The fraction of sp³-hybridized carbons (Fsp3) is 0.455. The van der Waals surface area contributed by atoms with Gasteiger partial charge in [0.15, 0.2) is 5.16 Å². The zero-order valence-electron chi connectivity index (χ0n) is 24.7. The van der Waals surface area contributed by atoms with Crippen molar-refractivity contribution in [2.24, 2.45) is 0 Å². The maximum Gasteiger partial charge on any atom is 0.230 e. The topological polar surface area (TPSA) is 78.4 Å². The zero-order chi connectivity index (χ0) is 29.7. The summed E-state index contributed by atoms with van der Waals surface area (Å²) >= 11 is 7.67. The largest absolute Gasteiger partial charge is 0.353 e. The Balaban J connectivity index is 1.32. The van der Waals surface area contributed by atoms with Crippen LogP contribution < -0.4 is 10.2 Å². The van der Waals surface area contributed by atoms with Crippen LogP contribution in [0.3, 0.4) is 0 Å². The fourth-order valence-electron chi connectivity index (χ4n) is 5.33. The van der Waals surface area contributed by atoms with Gasteiger partial charge in [0.1, 0.15) is 11.0 Å². The van der Waals surface area contributed by atoms with E-state index in [9.17, 15) is 9.59 Å². The summed E-state index contributed by atoms with van der Waals surface area (Å²) in [7, 11) is 0. The Kier molecular flexibility index (Phi) is 12.5. The third-order valence-corrected chi connectivity index (χ3v) is 8.62. The summed E-state index contributed by atoms with van der Waals surface area (Å²) in [6.07, 6.45) is 7.03. The molecule has 224 valence electrons. The lowest BCUT2D eigenvalue weighted by Gasteiger charge is -2.40. The van der Waals surface area contributed by atoms with Crippen LogP contribution >= 0.6 is 23.4 Å². The highest BCUT2D eigenvalue weighted by Crippen LogP contribution is 2.25. The quantitative estimate of drug-likeness (QED) is 0.0949. The number of amides is 2. The lowest BCUT2D eigenvalue weighted by Crippen LogP contribution is -2.54. The van der Waals surface area contributed by atoms with E-state index in [0.717, 1.165) is 29.8 Å². The van der Waals surface area contributed by atoms with Gasteiger partial charge in [-0.25, -0.2) is 9.97 Å². The molecule has 2 amide bonds. The number of thioether (sulfide) groups is 1. The highest BCUT2D eigenvalue weighted by Gasteiger charge is 2.28. The zero-order valence-corrected chi connectivity index (χ0v) is 26.2. The minimum Gasteiger partial charge on any atom is -0.353 e. The predicted octanol–water partition coefficient (Wildman–Crippen LogP) is 6.72. The number of benzene rings is 2. The van der Waals surface area contributed by atoms with Crippen molar-refractivity contribution in [3.8, 4) is 0 Å². The maximum atomic E-state index is 13.1. The Hall–Kier alpha value is -3.10. The molecule has 3 aromatic rings. The van der Waals surface area contributed by atoms with Gasteiger partial charge < -0.3 is 15.1 Å². The van der Waals surface area contributed by atoms with Crippen LogP contribution in [0.2, 0.25) is 5.15 Å². The summed E-state index contributed by atoms with van der Waals surface area (Å²) < 4.78 is 0. The summed E-state index contributed by atoms with van der Waals surface area (Å²) in [6, 6.07) is 21.9. The second kappa shape index (κ2) is 16.5. The van der Waals surface area contributed by atoms with Crippen molar-refractivity contribution in [1.29, 1.82) is 0 Å². The number of carbonyl (C=O) groups excluding carboxylic acids is 2. The molecule has 0 spiro atoms. The summed E-state index contributed by atoms with van der Waals surface area (Å²) in [5, 5.41) is 4.00. The molecule has 9 heteroatoms. The fourth-order valence-corrected chi connectivity index (χ4v) is 6.22. The number of hydrogen-bond acceptors (Lipinski definition) is 6. The number of unbranched alkanes of at least 4 members (excludes halogenated alkanes) is 4. The van der Waals surface area contributed by atoms with E-state index in [2.05, 4.69) is 41.2 Å². The summed E-state index contributed by atoms with van der Waals surface area (Å²) in [5.41, 5.74) is 2.22. The molecule has 1 fully saturated rings. The number of piperazine rings is 1. The number of anilines is 1. The number of nitrogens with zero attached hydrogens (tertiary/aromatic N) is 4. The molecule has 0 unspecified atom stereocenters.